The Bertz CT molecular complexity index is 119. The first-order chi connectivity index (χ1) is 3.62. The summed E-state index contributed by atoms with van der Waals surface area (Å²) in [5.41, 5.74) is -0.214. The molecule has 9 heavy (non-hydrogen) atoms. The summed E-state index contributed by atoms with van der Waals surface area (Å²) in [5, 5.41) is 8.62. The number of aliphatic hydroxyl groups excluding tert-OH is 1. The van der Waals surface area contributed by atoms with Crippen molar-refractivity contribution in [2.45, 2.75) is 20.8 Å². The summed E-state index contributed by atoms with van der Waals surface area (Å²) in [5.74, 6) is 5.62. The van der Waals surface area contributed by atoms with Gasteiger partial charge in [-0.3, -0.25) is 0 Å². The molecule has 0 atom stereocenters. The predicted octanol–water partition coefficient (Wildman–Crippen LogP) is 1.03. The zero-order valence-electron chi connectivity index (χ0n) is 6.06. The van der Waals surface area contributed by atoms with E-state index in [1.54, 1.807) is 6.92 Å². The van der Waals surface area contributed by atoms with Crippen LogP contribution in [0.15, 0.2) is 0 Å². The molecule has 0 radical (unpaired) electrons. The average Bonchev–Trinajstić information content (AvgIpc) is 1.67. The quantitative estimate of drug-likeness (QED) is 0.717. The van der Waals surface area contributed by atoms with Gasteiger partial charge >= 0.3 is 0 Å². The van der Waals surface area contributed by atoms with E-state index in [1.165, 1.54) is 0 Å². The van der Waals surface area contributed by atoms with Crippen LogP contribution in [0.5, 0.6) is 0 Å². The van der Waals surface area contributed by atoms with E-state index in [0.717, 1.165) is 0 Å². The van der Waals surface area contributed by atoms with E-state index < -0.39 is 0 Å². The zero-order chi connectivity index (χ0) is 6.62. The minimum Gasteiger partial charge on any atom is -0.395 e. The molecule has 0 aromatic carbocycles. The van der Waals surface area contributed by atoms with Crippen LogP contribution in [0.2, 0.25) is 0 Å². The van der Waals surface area contributed by atoms with E-state index in [4.69, 9.17) is 5.11 Å². The van der Waals surface area contributed by atoms with Crippen molar-refractivity contribution in [3.8, 4) is 11.8 Å². The van der Waals surface area contributed by atoms with Crippen molar-refractivity contribution in [2.75, 3.05) is 6.61 Å². The third-order valence-corrected chi connectivity index (χ3v) is 0.859. The molecular weight excluding hydrogens is 284 g/mol. The van der Waals surface area contributed by atoms with Gasteiger partial charge in [-0.1, -0.05) is 5.92 Å². The standard InChI is InChI=1S/C7H12O.W/c1-4-5-7(2,3)6-8;/h8H,6H2,1-3H3;. The monoisotopic (exact) mass is 296 g/mol. The van der Waals surface area contributed by atoms with Crippen LogP contribution >= 0.6 is 0 Å². The zero-order valence-corrected chi connectivity index (χ0v) is 9.00. The second kappa shape index (κ2) is 5.03. The molecule has 0 aliphatic heterocycles. The molecule has 0 saturated carbocycles. The molecule has 0 aromatic heterocycles. The first kappa shape index (κ1) is 11.9. The third-order valence-electron chi connectivity index (χ3n) is 0.859. The molecule has 0 bridgehead atoms. The normalized spacial score (nSPS) is 8.89. The maximum Gasteiger partial charge on any atom is 0.0591 e. The molecular formula is C7H12OW. The topological polar surface area (TPSA) is 20.2 Å². The summed E-state index contributed by atoms with van der Waals surface area (Å²) in [6.07, 6.45) is 0. The molecule has 0 amide bonds. The van der Waals surface area contributed by atoms with Gasteiger partial charge in [0.05, 0.1) is 6.61 Å². The Morgan fingerprint density at radius 2 is 1.89 bits per heavy atom. The van der Waals surface area contributed by atoms with E-state index in [-0.39, 0.29) is 33.1 Å². The van der Waals surface area contributed by atoms with Gasteiger partial charge in [0.25, 0.3) is 0 Å². The van der Waals surface area contributed by atoms with Crippen molar-refractivity contribution < 1.29 is 26.2 Å². The Balaban J connectivity index is 0. The van der Waals surface area contributed by atoms with Crippen molar-refractivity contribution in [3.05, 3.63) is 0 Å². The van der Waals surface area contributed by atoms with Crippen molar-refractivity contribution in [3.63, 3.8) is 0 Å². The smallest absolute Gasteiger partial charge is 0.0591 e. The van der Waals surface area contributed by atoms with E-state index in [9.17, 15) is 0 Å². The maximum absolute atomic E-state index is 8.62. The molecule has 0 aliphatic carbocycles. The van der Waals surface area contributed by atoms with Crippen LogP contribution in [0.4, 0.5) is 0 Å². The molecule has 2 heteroatoms. The molecule has 0 fully saturated rings. The molecule has 0 unspecified atom stereocenters. The fraction of sp³-hybridized carbons (Fsp3) is 0.714. The number of hydrogen-bond donors (Lipinski definition) is 1. The summed E-state index contributed by atoms with van der Waals surface area (Å²) < 4.78 is 0. The van der Waals surface area contributed by atoms with Crippen molar-refractivity contribution in [2.24, 2.45) is 5.41 Å². The second-order valence-corrected chi connectivity index (χ2v) is 2.42. The fourth-order valence-corrected chi connectivity index (χ4v) is 0.378. The maximum atomic E-state index is 8.62. The first-order valence-corrected chi connectivity index (χ1v) is 2.67. The van der Waals surface area contributed by atoms with Crippen molar-refractivity contribution in [1.82, 2.24) is 0 Å². The number of rotatable bonds is 1. The van der Waals surface area contributed by atoms with Crippen LogP contribution in [0.25, 0.3) is 0 Å². The molecule has 0 heterocycles. The van der Waals surface area contributed by atoms with Crippen LogP contribution in [0, 0.1) is 17.3 Å². The van der Waals surface area contributed by atoms with Gasteiger partial charge in [0.1, 0.15) is 0 Å². The van der Waals surface area contributed by atoms with Gasteiger partial charge in [-0.25, -0.2) is 0 Å². The van der Waals surface area contributed by atoms with Crippen LogP contribution < -0.4 is 0 Å². The van der Waals surface area contributed by atoms with Gasteiger partial charge in [0, 0.05) is 26.5 Å². The Morgan fingerprint density at radius 3 is 2.00 bits per heavy atom. The Labute approximate surface area is 71.1 Å². The fourth-order valence-electron chi connectivity index (χ4n) is 0.378. The van der Waals surface area contributed by atoms with Gasteiger partial charge in [0.15, 0.2) is 0 Å². The van der Waals surface area contributed by atoms with E-state index in [0.29, 0.717) is 0 Å². The summed E-state index contributed by atoms with van der Waals surface area (Å²) in [6.45, 7) is 5.72. The summed E-state index contributed by atoms with van der Waals surface area (Å²) in [6, 6.07) is 0. The van der Waals surface area contributed by atoms with Crippen LogP contribution in [0.1, 0.15) is 20.8 Å². The van der Waals surface area contributed by atoms with Gasteiger partial charge in [-0.2, -0.15) is 0 Å². The van der Waals surface area contributed by atoms with Gasteiger partial charge < -0.3 is 5.11 Å². The summed E-state index contributed by atoms with van der Waals surface area (Å²) >= 11 is 0. The van der Waals surface area contributed by atoms with Crippen LogP contribution in [-0.4, -0.2) is 11.7 Å². The van der Waals surface area contributed by atoms with Crippen LogP contribution in [0.3, 0.4) is 0 Å². The Hall–Kier alpha value is 0.208. The summed E-state index contributed by atoms with van der Waals surface area (Å²) in [4.78, 5) is 0. The van der Waals surface area contributed by atoms with E-state index >= 15 is 0 Å². The number of hydrogen-bond acceptors (Lipinski definition) is 1. The van der Waals surface area contributed by atoms with Crippen LogP contribution in [-0.2, 0) is 21.1 Å². The SMILES string of the molecule is CC#CC(C)(C)CO.[W]. The third kappa shape index (κ3) is 6.09. The van der Waals surface area contributed by atoms with E-state index in [1.807, 2.05) is 13.8 Å². The molecule has 0 saturated heterocycles. The Morgan fingerprint density at radius 1 is 1.44 bits per heavy atom. The molecule has 0 spiro atoms. The number of aliphatic hydroxyl groups is 1. The van der Waals surface area contributed by atoms with Crippen molar-refractivity contribution >= 4 is 0 Å². The van der Waals surface area contributed by atoms with Gasteiger partial charge in [-0.05, 0) is 20.8 Å². The molecule has 0 rings (SSSR count). The first-order valence-electron chi connectivity index (χ1n) is 2.67. The molecule has 0 aromatic rings. The minimum absolute atomic E-state index is 0. The summed E-state index contributed by atoms with van der Waals surface area (Å²) in [7, 11) is 0. The van der Waals surface area contributed by atoms with Gasteiger partial charge in [0.2, 0.25) is 0 Å². The molecule has 1 N–H and O–H groups in total. The van der Waals surface area contributed by atoms with E-state index in [2.05, 4.69) is 11.8 Å². The second-order valence-electron chi connectivity index (χ2n) is 2.42. The largest absolute Gasteiger partial charge is 0.395 e. The molecule has 0 aliphatic rings. The average molecular weight is 296 g/mol. The molecule has 1 nitrogen and oxygen atoms in total. The van der Waals surface area contributed by atoms with Gasteiger partial charge in [-0.15, -0.1) is 5.92 Å². The minimum atomic E-state index is -0.214. The Kier molecular flexibility index (Phi) is 6.67. The van der Waals surface area contributed by atoms with Crippen molar-refractivity contribution in [1.29, 1.82) is 0 Å². The predicted molar refractivity (Wildman–Crippen MR) is 34.3 cm³/mol. The molecule has 52 valence electrons.